The van der Waals surface area contributed by atoms with Crippen molar-refractivity contribution in [3.8, 4) is 0 Å². The van der Waals surface area contributed by atoms with Crippen molar-refractivity contribution in [2.75, 3.05) is 12.4 Å². The SMILES string of the molecule is CNc1c(C(C)C)c(C)nc2c(I)cccc12. The number of nitrogens with zero attached hydrogens (tertiary/aromatic N) is 1. The van der Waals surface area contributed by atoms with Gasteiger partial charge in [0.15, 0.2) is 0 Å². The number of fused-ring (bicyclic) bond motifs is 1. The summed E-state index contributed by atoms with van der Waals surface area (Å²) in [6.07, 6.45) is 0. The van der Waals surface area contributed by atoms with Gasteiger partial charge in [-0.3, -0.25) is 4.98 Å². The van der Waals surface area contributed by atoms with Crippen LogP contribution in [-0.4, -0.2) is 12.0 Å². The summed E-state index contributed by atoms with van der Waals surface area (Å²) in [5.74, 6) is 0.479. The Kier molecular flexibility index (Phi) is 3.56. The molecule has 2 rings (SSSR count). The first kappa shape index (κ1) is 12.6. The van der Waals surface area contributed by atoms with Crippen molar-refractivity contribution >= 4 is 39.2 Å². The molecule has 1 aromatic carbocycles. The van der Waals surface area contributed by atoms with Crippen LogP contribution in [0.2, 0.25) is 0 Å². The second-order valence-corrected chi connectivity index (χ2v) is 5.69. The molecule has 90 valence electrons. The van der Waals surface area contributed by atoms with Gasteiger partial charge in [0.2, 0.25) is 0 Å². The molecular formula is C14H17IN2. The number of benzene rings is 1. The van der Waals surface area contributed by atoms with Gasteiger partial charge < -0.3 is 5.32 Å². The van der Waals surface area contributed by atoms with Crippen molar-refractivity contribution in [1.82, 2.24) is 4.98 Å². The summed E-state index contributed by atoms with van der Waals surface area (Å²) in [6, 6.07) is 6.33. The van der Waals surface area contributed by atoms with E-state index in [-0.39, 0.29) is 0 Å². The lowest BCUT2D eigenvalue weighted by Gasteiger charge is -2.18. The molecule has 0 aliphatic heterocycles. The second-order valence-electron chi connectivity index (χ2n) is 4.53. The molecule has 0 aliphatic carbocycles. The summed E-state index contributed by atoms with van der Waals surface area (Å²) in [5, 5.41) is 4.56. The van der Waals surface area contributed by atoms with Crippen LogP contribution in [0.15, 0.2) is 18.2 Å². The number of pyridine rings is 1. The molecule has 0 amide bonds. The standard InChI is InChI=1S/C14H17IN2/c1-8(2)12-9(3)17-13-10(14(12)16-4)6-5-7-11(13)15/h5-8H,1-4H3,(H,16,17). The number of aryl methyl sites for hydroxylation is 1. The predicted octanol–water partition coefficient (Wildman–Crippen LogP) is 4.31. The first-order chi connectivity index (χ1) is 8.06. The van der Waals surface area contributed by atoms with Crippen LogP contribution >= 0.6 is 22.6 Å². The Bertz CT molecular complexity index is 562. The minimum absolute atomic E-state index is 0.479. The zero-order valence-electron chi connectivity index (χ0n) is 10.6. The predicted molar refractivity (Wildman–Crippen MR) is 82.8 cm³/mol. The summed E-state index contributed by atoms with van der Waals surface area (Å²) in [4.78, 5) is 4.76. The fourth-order valence-electron chi connectivity index (χ4n) is 2.36. The number of hydrogen-bond donors (Lipinski definition) is 1. The average Bonchev–Trinajstić information content (AvgIpc) is 2.28. The van der Waals surface area contributed by atoms with E-state index < -0.39 is 0 Å². The van der Waals surface area contributed by atoms with Gasteiger partial charge >= 0.3 is 0 Å². The highest BCUT2D eigenvalue weighted by Crippen LogP contribution is 2.34. The Morgan fingerprint density at radius 1 is 1.29 bits per heavy atom. The van der Waals surface area contributed by atoms with Crippen LogP contribution in [0.25, 0.3) is 10.9 Å². The van der Waals surface area contributed by atoms with E-state index in [0.29, 0.717) is 5.92 Å². The normalized spacial score (nSPS) is 11.2. The zero-order valence-corrected chi connectivity index (χ0v) is 12.8. The third-order valence-corrected chi connectivity index (χ3v) is 3.89. The highest BCUT2D eigenvalue weighted by atomic mass is 127. The highest BCUT2D eigenvalue weighted by Gasteiger charge is 2.15. The summed E-state index contributed by atoms with van der Waals surface area (Å²) in [7, 11) is 1.99. The van der Waals surface area contributed by atoms with Crippen LogP contribution in [0.1, 0.15) is 31.0 Å². The number of halogens is 1. The molecule has 3 heteroatoms. The quantitative estimate of drug-likeness (QED) is 0.824. The van der Waals surface area contributed by atoms with Crippen molar-refractivity contribution in [2.24, 2.45) is 0 Å². The smallest absolute Gasteiger partial charge is 0.0859 e. The lowest BCUT2D eigenvalue weighted by molar-refractivity contribution is 0.849. The van der Waals surface area contributed by atoms with E-state index in [1.54, 1.807) is 0 Å². The van der Waals surface area contributed by atoms with E-state index in [1.807, 2.05) is 7.05 Å². The monoisotopic (exact) mass is 340 g/mol. The third kappa shape index (κ3) is 2.12. The molecule has 0 saturated heterocycles. The molecule has 0 aliphatic rings. The number of para-hydroxylation sites is 1. The Hall–Kier alpha value is -0.840. The molecule has 2 aromatic rings. The molecule has 0 unspecified atom stereocenters. The van der Waals surface area contributed by atoms with E-state index in [4.69, 9.17) is 4.98 Å². The summed E-state index contributed by atoms with van der Waals surface area (Å²) < 4.78 is 1.20. The molecule has 0 bridgehead atoms. The number of rotatable bonds is 2. The Labute approximate surface area is 116 Å². The zero-order chi connectivity index (χ0) is 12.6. The molecule has 0 spiro atoms. The number of anilines is 1. The minimum Gasteiger partial charge on any atom is -0.387 e. The van der Waals surface area contributed by atoms with Gasteiger partial charge in [-0.1, -0.05) is 26.0 Å². The van der Waals surface area contributed by atoms with Crippen LogP contribution < -0.4 is 5.32 Å². The Morgan fingerprint density at radius 2 is 2.00 bits per heavy atom. The van der Waals surface area contributed by atoms with Crippen molar-refractivity contribution < 1.29 is 0 Å². The maximum absolute atomic E-state index is 4.76. The molecule has 0 fully saturated rings. The lowest BCUT2D eigenvalue weighted by Crippen LogP contribution is -2.04. The van der Waals surface area contributed by atoms with E-state index >= 15 is 0 Å². The minimum atomic E-state index is 0.479. The van der Waals surface area contributed by atoms with Crippen LogP contribution in [-0.2, 0) is 0 Å². The number of nitrogens with one attached hydrogen (secondary N) is 1. The van der Waals surface area contributed by atoms with Gasteiger partial charge in [-0.25, -0.2) is 0 Å². The van der Waals surface area contributed by atoms with Crippen molar-refractivity contribution in [3.63, 3.8) is 0 Å². The molecule has 0 radical (unpaired) electrons. The first-order valence-corrected chi connectivity index (χ1v) is 6.90. The van der Waals surface area contributed by atoms with Gasteiger partial charge in [-0.05, 0) is 47.1 Å². The lowest BCUT2D eigenvalue weighted by atomic mass is 9.97. The van der Waals surface area contributed by atoms with Gasteiger partial charge in [0.1, 0.15) is 0 Å². The van der Waals surface area contributed by atoms with E-state index in [9.17, 15) is 0 Å². The van der Waals surface area contributed by atoms with Crippen LogP contribution in [0.5, 0.6) is 0 Å². The van der Waals surface area contributed by atoms with E-state index in [1.165, 1.54) is 20.2 Å². The summed E-state index contributed by atoms with van der Waals surface area (Å²) >= 11 is 2.35. The topological polar surface area (TPSA) is 24.9 Å². The number of hydrogen-bond acceptors (Lipinski definition) is 2. The fourth-order valence-corrected chi connectivity index (χ4v) is 2.98. The average molecular weight is 340 g/mol. The largest absolute Gasteiger partial charge is 0.387 e. The van der Waals surface area contributed by atoms with Gasteiger partial charge in [0, 0.05) is 27.4 Å². The Balaban J connectivity index is 2.90. The maximum Gasteiger partial charge on any atom is 0.0859 e. The molecule has 2 nitrogen and oxygen atoms in total. The molecule has 0 atom stereocenters. The van der Waals surface area contributed by atoms with Crippen molar-refractivity contribution in [1.29, 1.82) is 0 Å². The van der Waals surface area contributed by atoms with Crippen molar-refractivity contribution in [3.05, 3.63) is 33.0 Å². The van der Waals surface area contributed by atoms with E-state index in [2.05, 4.69) is 66.9 Å². The van der Waals surface area contributed by atoms with Gasteiger partial charge in [-0.15, -0.1) is 0 Å². The third-order valence-electron chi connectivity index (χ3n) is 3.02. The Morgan fingerprint density at radius 3 is 2.59 bits per heavy atom. The van der Waals surface area contributed by atoms with Gasteiger partial charge in [-0.2, -0.15) is 0 Å². The molecule has 1 aromatic heterocycles. The highest BCUT2D eigenvalue weighted by molar-refractivity contribution is 14.1. The first-order valence-electron chi connectivity index (χ1n) is 5.82. The van der Waals surface area contributed by atoms with Crippen LogP contribution in [0, 0.1) is 10.5 Å². The van der Waals surface area contributed by atoms with Crippen LogP contribution in [0.4, 0.5) is 5.69 Å². The number of aromatic nitrogens is 1. The molecule has 0 saturated carbocycles. The summed E-state index contributed by atoms with van der Waals surface area (Å²) in [6.45, 7) is 6.52. The van der Waals surface area contributed by atoms with E-state index in [0.717, 1.165) is 11.2 Å². The summed E-state index contributed by atoms with van der Waals surface area (Å²) in [5.41, 5.74) is 4.77. The van der Waals surface area contributed by atoms with Crippen molar-refractivity contribution in [2.45, 2.75) is 26.7 Å². The fraction of sp³-hybridized carbons (Fsp3) is 0.357. The molecule has 17 heavy (non-hydrogen) atoms. The van der Waals surface area contributed by atoms with Crippen LogP contribution in [0.3, 0.4) is 0 Å². The van der Waals surface area contributed by atoms with Gasteiger partial charge in [0.05, 0.1) is 5.52 Å². The molecule has 1 heterocycles. The second kappa shape index (κ2) is 4.80. The molecule has 1 N–H and O–H groups in total. The maximum atomic E-state index is 4.76. The molecular weight excluding hydrogens is 323 g/mol. The van der Waals surface area contributed by atoms with Gasteiger partial charge in [0.25, 0.3) is 0 Å².